The fraction of sp³-hybridized carbons (Fsp3) is 0.0667. The highest BCUT2D eigenvalue weighted by molar-refractivity contribution is 6.15. The van der Waals surface area contributed by atoms with Gasteiger partial charge in [-0.1, -0.05) is 18.2 Å². The van der Waals surface area contributed by atoms with E-state index in [9.17, 15) is 4.79 Å². The van der Waals surface area contributed by atoms with Crippen molar-refractivity contribution in [1.29, 1.82) is 0 Å². The molecule has 0 spiro atoms. The van der Waals surface area contributed by atoms with Crippen LogP contribution in [0.4, 0.5) is 0 Å². The molecule has 1 aromatic heterocycles. The molecule has 0 radical (unpaired) electrons. The summed E-state index contributed by atoms with van der Waals surface area (Å²) in [6.07, 6.45) is 0. The van der Waals surface area contributed by atoms with Crippen molar-refractivity contribution in [2.75, 3.05) is 7.11 Å². The number of fused-ring (bicyclic) bond motifs is 1. The molecule has 20 heavy (non-hydrogen) atoms. The minimum absolute atomic E-state index is 0.320. The number of methoxy groups -OCH3 is 1. The Morgan fingerprint density at radius 3 is 2.35 bits per heavy atom. The number of hydrogen-bond acceptors (Lipinski definition) is 3. The van der Waals surface area contributed by atoms with E-state index < -0.39 is 0 Å². The third-order valence-electron chi connectivity index (χ3n) is 3.13. The Morgan fingerprint density at radius 1 is 1.05 bits per heavy atom. The number of halogens is 1. The van der Waals surface area contributed by atoms with Gasteiger partial charge in [0.15, 0.2) is 0 Å². The van der Waals surface area contributed by atoms with E-state index in [1.807, 2.05) is 36.4 Å². The van der Waals surface area contributed by atoms with Gasteiger partial charge in [-0.05, 0) is 30.3 Å². The Hall–Kier alpha value is -2.33. The largest absolute Gasteiger partial charge is 0.497 e. The maximum Gasteiger partial charge on any atom is 0.289 e. The third kappa shape index (κ3) is 2.04. The van der Waals surface area contributed by atoms with Gasteiger partial charge >= 0.3 is 0 Å². The zero-order chi connectivity index (χ0) is 14.1. The van der Waals surface area contributed by atoms with Gasteiger partial charge in [0, 0.05) is 22.7 Å². The Balaban J connectivity index is 2.30. The molecule has 4 nitrogen and oxygen atoms in total. The maximum atomic E-state index is 12.0. The van der Waals surface area contributed by atoms with Crippen molar-refractivity contribution in [3.05, 3.63) is 58.9 Å². The minimum atomic E-state index is -0.320. The molecule has 0 bridgehead atoms. The van der Waals surface area contributed by atoms with Crippen molar-refractivity contribution in [3.8, 4) is 17.0 Å². The van der Waals surface area contributed by atoms with E-state index in [1.54, 1.807) is 19.2 Å². The molecule has 0 aliphatic heterocycles. The molecule has 0 saturated carbocycles. The topological polar surface area (TPSA) is 44.1 Å². The Bertz CT molecular complexity index is 825. The quantitative estimate of drug-likeness (QED) is 0.727. The molecule has 1 heterocycles. The molecule has 0 N–H and O–H groups in total. The van der Waals surface area contributed by atoms with Gasteiger partial charge in [-0.2, -0.15) is 5.10 Å². The van der Waals surface area contributed by atoms with Crippen molar-refractivity contribution in [1.82, 2.24) is 9.30 Å². The zero-order valence-electron chi connectivity index (χ0n) is 10.7. The van der Waals surface area contributed by atoms with Crippen LogP contribution in [0, 0.1) is 0 Å². The number of aromatic nitrogens is 2. The maximum absolute atomic E-state index is 12.0. The lowest BCUT2D eigenvalue weighted by molar-refractivity contribution is 0.415. The van der Waals surface area contributed by atoms with Crippen LogP contribution in [0.2, 0.25) is 0 Å². The van der Waals surface area contributed by atoms with Crippen LogP contribution in [0.5, 0.6) is 5.75 Å². The summed E-state index contributed by atoms with van der Waals surface area (Å²) in [5.74, 6) is 0.761. The smallest absolute Gasteiger partial charge is 0.289 e. The van der Waals surface area contributed by atoms with E-state index >= 15 is 0 Å². The van der Waals surface area contributed by atoms with Crippen molar-refractivity contribution in [2.24, 2.45) is 0 Å². The van der Waals surface area contributed by atoms with Gasteiger partial charge in [0.2, 0.25) is 0 Å². The summed E-state index contributed by atoms with van der Waals surface area (Å²) in [5.41, 5.74) is 1.22. The number of benzene rings is 2. The van der Waals surface area contributed by atoms with E-state index in [2.05, 4.69) is 5.10 Å². The van der Waals surface area contributed by atoms with Gasteiger partial charge in [0.1, 0.15) is 11.4 Å². The fourth-order valence-corrected chi connectivity index (χ4v) is 2.29. The van der Waals surface area contributed by atoms with E-state index in [-0.39, 0.29) is 5.56 Å². The lowest BCUT2D eigenvalue weighted by Crippen LogP contribution is -2.16. The zero-order valence-corrected chi connectivity index (χ0v) is 11.5. The lowest BCUT2D eigenvalue weighted by Gasteiger charge is -2.07. The van der Waals surface area contributed by atoms with Gasteiger partial charge in [-0.3, -0.25) is 4.79 Å². The number of hydrogen-bond donors (Lipinski definition) is 0. The monoisotopic (exact) mass is 286 g/mol. The second-order valence-electron chi connectivity index (χ2n) is 4.29. The number of ether oxygens (including phenoxy) is 1. The molecule has 0 aliphatic rings. The van der Waals surface area contributed by atoms with E-state index in [1.165, 1.54) is 0 Å². The van der Waals surface area contributed by atoms with Crippen LogP contribution in [0.25, 0.3) is 22.0 Å². The first-order chi connectivity index (χ1) is 9.70. The van der Waals surface area contributed by atoms with Crippen LogP contribution in [0.1, 0.15) is 0 Å². The number of nitrogens with zero attached hydrogens (tertiary/aromatic N) is 2. The van der Waals surface area contributed by atoms with Crippen molar-refractivity contribution in [3.63, 3.8) is 0 Å². The minimum Gasteiger partial charge on any atom is -0.497 e. The second kappa shape index (κ2) is 4.98. The van der Waals surface area contributed by atoms with Crippen LogP contribution in [-0.2, 0) is 0 Å². The molecule has 0 saturated heterocycles. The van der Waals surface area contributed by atoms with E-state index in [4.69, 9.17) is 16.5 Å². The summed E-state index contributed by atoms with van der Waals surface area (Å²) >= 11 is 5.87. The molecule has 0 fully saturated rings. The normalized spacial score (nSPS) is 10.7. The SMILES string of the molecule is COc1ccc(-c2nn(Cl)c(=O)c3ccccc23)cc1. The van der Waals surface area contributed by atoms with Crippen LogP contribution < -0.4 is 10.3 Å². The van der Waals surface area contributed by atoms with Crippen LogP contribution in [-0.4, -0.2) is 16.4 Å². The molecule has 5 heteroatoms. The Labute approximate surface area is 120 Å². The van der Waals surface area contributed by atoms with Crippen molar-refractivity contribution >= 4 is 22.5 Å². The molecule has 0 unspecified atom stereocenters. The van der Waals surface area contributed by atoms with Gasteiger partial charge in [0.25, 0.3) is 5.56 Å². The summed E-state index contributed by atoms with van der Waals surface area (Å²) in [5, 5.41) is 5.48. The van der Waals surface area contributed by atoms with E-state index in [0.29, 0.717) is 11.1 Å². The third-order valence-corrected chi connectivity index (χ3v) is 3.36. The van der Waals surface area contributed by atoms with Crippen LogP contribution in [0.15, 0.2) is 53.3 Å². The number of rotatable bonds is 2. The van der Waals surface area contributed by atoms with Gasteiger partial charge in [0.05, 0.1) is 12.5 Å². The van der Waals surface area contributed by atoms with Gasteiger partial charge in [-0.15, -0.1) is 4.20 Å². The Morgan fingerprint density at radius 2 is 1.70 bits per heavy atom. The standard InChI is InChI=1S/C15H11ClN2O2/c1-20-11-8-6-10(7-9-11)14-12-4-2-3-5-13(12)15(19)18(16)17-14/h2-9H,1H3. The molecule has 3 aromatic rings. The van der Waals surface area contributed by atoms with Gasteiger partial charge < -0.3 is 4.74 Å². The van der Waals surface area contributed by atoms with Crippen molar-refractivity contribution < 1.29 is 4.74 Å². The Kier molecular flexibility index (Phi) is 3.16. The van der Waals surface area contributed by atoms with Gasteiger partial charge in [-0.25, -0.2) is 0 Å². The second-order valence-corrected chi connectivity index (χ2v) is 4.61. The van der Waals surface area contributed by atoms with E-state index in [0.717, 1.165) is 20.9 Å². The average molecular weight is 287 g/mol. The molecule has 100 valence electrons. The molecule has 0 atom stereocenters. The molecule has 0 amide bonds. The summed E-state index contributed by atoms with van der Waals surface area (Å²) in [6.45, 7) is 0. The first-order valence-corrected chi connectivity index (χ1v) is 6.37. The first-order valence-electron chi connectivity index (χ1n) is 6.03. The summed E-state index contributed by atoms with van der Waals surface area (Å²) < 4.78 is 5.98. The summed E-state index contributed by atoms with van der Waals surface area (Å²) in [4.78, 5) is 12.0. The summed E-state index contributed by atoms with van der Waals surface area (Å²) in [6, 6.07) is 14.7. The molecule has 0 aliphatic carbocycles. The molecular weight excluding hydrogens is 276 g/mol. The van der Waals surface area contributed by atoms with Crippen molar-refractivity contribution in [2.45, 2.75) is 0 Å². The average Bonchev–Trinajstić information content (AvgIpc) is 2.51. The fourth-order valence-electron chi connectivity index (χ4n) is 2.12. The summed E-state index contributed by atoms with van der Waals surface area (Å²) in [7, 11) is 1.61. The highest BCUT2D eigenvalue weighted by Gasteiger charge is 2.11. The predicted molar refractivity (Wildman–Crippen MR) is 79.2 cm³/mol. The molecule has 2 aromatic carbocycles. The lowest BCUT2D eigenvalue weighted by atomic mass is 10.1. The molecule has 3 rings (SSSR count). The van der Waals surface area contributed by atoms with Crippen LogP contribution >= 0.6 is 11.8 Å². The first kappa shape index (κ1) is 12.7. The highest BCUT2D eigenvalue weighted by Crippen LogP contribution is 2.26. The predicted octanol–water partition coefficient (Wildman–Crippen LogP) is 3.07. The molecular formula is C15H11ClN2O2. The highest BCUT2D eigenvalue weighted by atomic mass is 35.5. The van der Waals surface area contributed by atoms with Crippen LogP contribution in [0.3, 0.4) is 0 Å².